The second-order valence-electron chi connectivity index (χ2n) is 12.2. The fraction of sp³-hybridized carbons (Fsp3) is 0.235. The summed E-state index contributed by atoms with van der Waals surface area (Å²) in [5.74, 6) is -0.180. The summed E-state index contributed by atoms with van der Waals surface area (Å²) in [7, 11) is -4.42. The molecule has 0 bridgehead atoms. The van der Waals surface area contributed by atoms with Gasteiger partial charge < -0.3 is 25.5 Å². The molecular formula is C34H30F6IN9O6S2. The number of aromatic nitrogens is 6. The normalized spacial score (nSPS) is 12.3. The van der Waals surface area contributed by atoms with Gasteiger partial charge in [-0.05, 0) is 59.0 Å². The van der Waals surface area contributed by atoms with Gasteiger partial charge in [-0.2, -0.15) is 26.3 Å². The van der Waals surface area contributed by atoms with E-state index in [0.717, 1.165) is 24.5 Å². The fourth-order valence-electron chi connectivity index (χ4n) is 5.66. The van der Waals surface area contributed by atoms with Crippen LogP contribution >= 0.6 is 22.6 Å². The molecule has 2 amide bonds. The number of aryl methyl sites for hydroxylation is 2. The van der Waals surface area contributed by atoms with Crippen molar-refractivity contribution < 1.29 is 52.8 Å². The van der Waals surface area contributed by atoms with Crippen molar-refractivity contribution in [2.75, 3.05) is 27.9 Å². The van der Waals surface area contributed by atoms with Crippen LogP contribution in [0.3, 0.4) is 0 Å². The van der Waals surface area contributed by atoms with E-state index in [0.29, 0.717) is 27.6 Å². The predicted octanol–water partition coefficient (Wildman–Crippen LogP) is 6.22. The van der Waals surface area contributed by atoms with Gasteiger partial charge in [0.05, 0.1) is 72.8 Å². The molecule has 0 fully saturated rings. The molecule has 0 spiro atoms. The molecule has 6 aromatic rings. The summed E-state index contributed by atoms with van der Waals surface area (Å²) in [6.07, 6.45) is -6.41. The van der Waals surface area contributed by atoms with Gasteiger partial charge >= 0.3 is 12.4 Å². The third-order valence-corrected chi connectivity index (χ3v) is 13.1. The Morgan fingerprint density at radius 3 is 1.48 bits per heavy atom. The first-order valence-electron chi connectivity index (χ1n) is 16.4. The van der Waals surface area contributed by atoms with Crippen LogP contribution in [-0.4, -0.2) is 70.2 Å². The minimum absolute atomic E-state index is 0.00154. The van der Waals surface area contributed by atoms with Crippen LogP contribution in [0.4, 0.5) is 43.4 Å². The van der Waals surface area contributed by atoms with Gasteiger partial charge in [0, 0.05) is 28.8 Å². The second kappa shape index (κ2) is 16.1. The third-order valence-electron chi connectivity index (χ3n) is 8.68. The summed E-state index contributed by atoms with van der Waals surface area (Å²) in [4.78, 5) is 36.6. The maximum absolute atomic E-state index is 13.0. The quantitative estimate of drug-likeness (QED) is 0.0607. The number of nitrogens with two attached hydrogens (primary N) is 1. The number of rotatable bonds is 10. The van der Waals surface area contributed by atoms with Crippen LogP contribution in [0.2, 0.25) is 0 Å². The minimum Gasteiger partial charge on any atom is -0.397 e. The minimum atomic E-state index is -4.64. The van der Waals surface area contributed by atoms with Gasteiger partial charge in [-0.25, -0.2) is 36.8 Å². The molecule has 6 rings (SSSR count). The highest BCUT2D eigenvalue weighted by molar-refractivity contribution is 14.1. The number of fused-ring (bicyclic) bond motifs is 2. The summed E-state index contributed by atoms with van der Waals surface area (Å²) in [6.45, 7) is 2.91. The summed E-state index contributed by atoms with van der Waals surface area (Å²) in [5.41, 5.74) is 5.14. The number of imidazole rings is 2. The Balaban J connectivity index is 0.000000221. The molecule has 0 atom stereocenters. The number of carbonyl (C=O) groups excluding carboxylic acids is 2. The number of alkyl halides is 6. The van der Waals surface area contributed by atoms with Crippen LogP contribution in [-0.2, 0) is 55.7 Å². The molecule has 0 saturated carbocycles. The first-order valence-corrected chi connectivity index (χ1v) is 20.8. The van der Waals surface area contributed by atoms with Gasteiger partial charge in [0.15, 0.2) is 19.7 Å². The number of halogens is 7. The number of hydrogen-bond donors (Lipinski definition) is 3. The number of pyridine rings is 2. The number of nitrogens with one attached hydrogen (secondary N) is 2. The molecule has 4 heterocycles. The largest absolute Gasteiger partial charge is 0.433 e. The van der Waals surface area contributed by atoms with Crippen LogP contribution in [0.1, 0.15) is 25.2 Å². The molecule has 4 aromatic heterocycles. The zero-order valence-electron chi connectivity index (χ0n) is 30.4. The van der Waals surface area contributed by atoms with Crippen LogP contribution in [0.25, 0.3) is 44.8 Å². The SMILES string of the molecule is CCS(=O)(=O)c1cc(NC=O)c(I)cc1-c1nc2cc(C(F)(F)F)ncc2n1C.CCS(=O)(=O)c1cc(NC=O)c(N)cc1-c1nc2cc(C(F)(F)F)ncc2n1C. The van der Waals surface area contributed by atoms with Crippen LogP contribution in [0.5, 0.6) is 0 Å². The van der Waals surface area contributed by atoms with E-state index < -0.39 is 43.4 Å². The van der Waals surface area contributed by atoms with Crippen LogP contribution in [0, 0.1) is 3.57 Å². The van der Waals surface area contributed by atoms with Crippen molar-refractivity contribution in [2.24, 2.45) is 14.1 Å². The average Bonchev–Trinajstić information content (AvgIpc) is 3.67. The molecule has 58 heavy (non-hydrogen) atoms. The van der Waals surface area contributed by atoms with Gasteiger partial charge in [0.2, 0.25) is 12.8 Å². The molecule has 0 aliphatic rings. The number of hydrogen-bond acceptors (Lipinski definition) is 11. The number of sulfone groups is 2. The predicted molar refractivity (Wildman–Crippen MR) is 210 cm³/mol. The lowest BCUT2D eigenvalue weighted by Gasteiger charge is -2.14. The van der Waals surface area contributed by atoms with E-state index in [1.807, 2.05) is 22.6 Å². The van der Waals surface area contributed by atoms with Gasteiger partial charge in [0.25, 0.3) is 0 Å². The molecule has 0 aliphatic heterocycles. The number of nitrogen functional groups attached to an aromatic ring is 1. The second-order valence-corrected chi connectivity index (χ2v) is 17.9. The van der Waals surface area contributed by atoms with Crippen molar-refractivity contribution in [3.63, 3.8) is 0 Å². The maximum Gasteiger partial charge on any atom is 0.433 e. The van der Waals surface area contributed by atoms with Crippen molar-refractivity contribution in [3.8, 4) is 22.8 Å². The van der Waals surface area contributed by atoms with E-state index >= 15 is 0 Å². The molecule has 0 unspecified atom stereocenters. The van der Waals surface area contributed by atoms with E-state index in [-0.39, 0.29) is 72.0 Å². The highest BCUT2D eigenvalue weighted by Crippen LogP contribution is 2.38. The summed E-state index contributed by atoms with van der Waals surface area (Å²) < 4.78 is 132. The molecule has 0 radical (unpaired) electrons. The monoisotopic (exact) mass is 965 g/mol. The Hall–Kier alpha value is -5.37. The summed E-state index contributed by atoms with van der Waals surface area (Å²) in [5, 5.41) is 4.77. The first-order chi connectivity index (χ1) is 27.0. The van der Waals surface area contributed by atoms with Crippen molar-refractivity contribution in [1.29, 1.82) is 0 Å². The standard InChI is InChI=1S/C17H14F3IN4O3S.C17H16F3N5O3S/c2*1-3-29(27,28)14-5-11(23-8-26)10(21)4-9(14)16-24-12-6-15(17(18,19)20)22-7-13(12)25(16)2/h4-8H,3H2,1-2H3,(H,23,26);4-8H,3,21H2,1-2H3,(H,23,26). The smallest absolute Gasteiger partial charge is 0.397 e. The molecule has 4 N–H and O–H groups in total. The number of anilines is 3. The van der Waals surface area contributed by atoms with Crippen LogP contribution < -0.4 is 16.4 Å². The maximum atomic E-state index is 13.0. The van der Waals surface area contributed by atoms with E-state index in [4.69, 9.17) is 5.73 Å². The fourth-order valence-corrected chi connectivity index (χ4v) is 8.47. The zero-order valence-corrected chi connectivity index (χ0v) is 34.2. The van der Waals surface area contributed by atoms with Crippen molar-refractivity contribution in [2.45, 2.75) is 36.0 Å². The number of amides is 2. The lowest BCUT2D eigenvalue weighted by atomic mass is 10.1. The Kier molecular flexibility index (Phi) is 12.2. The van der Waals surface area contributed by atoms with Crippen molar-refractivity contribution >= 4 is 94.2 Å². The number of benzene rings is 2. The topological polar surface area (TPSA) is 214 Å². The molecule has 2 aromatic carbocycles. The molecule has 0 saturated heterocycles. The van der Waals surface area contributed by atoms with Crippen molar-refractivity contribution in [1.82, 2.24) is 29.1 Å². The van der Waals surface area contributed by atoms with E-state index in [1.165, 1.54) is 54.3 Å². The number of carbonyl (C=O) groups is 2. The lowest BCUT2D eigenvalue weighted by molar-refractivity contribution is -0.141. The van der Waals surface area contributed by atoms with Gasteiger partial charge in [0.1, 0.15) is 23.0 Å². The number of nitrogens with zero attached hydrogens (tertiary/aromatic N) is 6. The highest BCUT2D eigenvalue weighted by atomic mass is 127. The first kappa shape index (κ1) is 43.7. The van der Waals surface area contributed by atoms with E-state index in [9.17, 15) is 52.8 Å². The molecule has 308 valence electrons. The zero-order chi connectivity index (χ0) is 43.1. The average molecular weight is 966 g/mol. The molecular weight excluding hydrogens is 935 g/mol. The molecule has 15 nitrogen and oxygen atoms in total. The Labute approximate surface area is 339 Å². The lowest BCUT2D eigenvalue weighted by Crippen LogP contribution is -2.10. The Bertz CT molecular complexity index is 2630. The van der Waals surface area contributed by atoms with Crippen LogP contribution in [0.15, 0.2) is 58.6 Å². The molecule has 24 heteroatoms. The third kappa shape index (κ3) is 8.57. The highest BCUT2D eigenvalue weighted by Gasteiger charge is 2.35. The van der Waals surface area contributed by atoms with Crippen molar-refractivity contribution in [3.05, 3.63) is 63.7 Å². The van der Waals surface area contributed by atoms with E-state index in [1.54, 1.807) is 7.05 Å². The molecule has 0 aliphatic carbocycles. The summed E-state index contributed by atoms with van der Waals surface area (Å²) in [6, 6.07) is 6.97. The van der Waals surface area contributed by atoms with Gasteiger partial charge in [-0.1, -0.05) is 13.8 Å². The van der Waals surface area contributed by atoms with Gasteiger partial charge in [-0.3, -0.25) is 9.59 Å². The van der Waals surface area contributed by atoms with Gasteiger partial charge in [-0.15, -0.1) is 0 Å². The Morgan fingerprint density at radius 1 is 0.690 bits per heavy atom. The Morgan fingerprint density at radius 2 is 1.09 bits per heavy atom. The summed E-state index contributed by atoms with van der Waals surface area (Å²) >= 11 is 1.92. The van der Waals surface area contributed by atoms with E-state index in [2.05, 4.69) is 30.6 Å².